The standard InChI is InChI=1S/C12H15ClFNO.ClH/c13-8-5-6-9(14)12(16)10(8)11(15)7-3-1-2-4-7;/h5-7,11,16H,1-4,15H2;1H/t11-;/m1./s1. The molecule has 1 aliphatic rings. The van der Waals surface area contributed by atoms with Gasteiger partial charge in [0.25, 0.3) is 0 Å². The number of hydrogen-bond donors (Lipinski definition) is 2. The highest BCUT2D eigenvalue weighted by Gasteiger charge is 2.27. The van der Waals surface area contributed by atoms with E-state index >= 15 is 0 Å². The van der Waals surface area contributed by atoms with Gasteiger partial charge in [0.15, 0.2) is 11.6 Å². The summed E-state index contributed by atoms with van der Waals surface area (Å²) in [4.78, 5) is 0. The molecule has 0 spiro atoms. The number of hydrogen-bond acceptors (Lipinski definition) is 2. The van der Waals surface area contributed by atoms with Crippen molar-refractivity contribution in [1.29, 1.82) is 0 Å². The van der Waals surface area contributed by atoms with Gasteiger partial charge in [0.2, 0.25) is 0 Å². The minimum atomic E-state index is -0.659. The van der Waals surface area contributed by atoms with E-state index in [-0.39, 0.29) is 18.4 Å². The number of phenolic OH excluding ortho intramolecular Hbond substituents is 1. The first-order valence-electron chi connectivity index (χ1n) is 5.53. The van der Waals surface area contributed by atoms with E-state index < -0.39 is 11.6 Å². The molecule has 0 saturated heterocycles. The van der Waals surface area contributed by atoms with Crippen LogP contribution in [0.5, 0.6) is 5.75 Å². The van der Waals surface area contributed by atoms with Gasteiger partial charge in [0.05, 0.1) is 0 Å². The van der Waals surface area contributed by atoms with Crippen LogP contribution in [-0.4, -0.2) is 5.11 Å². The van der Waals surface area contributed by atoms with Gasteiger partial charge in [-0.1, -0.05) is 24.4 Å². The first kappa shape index (κ1) is 14.6. The monoisotopic (exact) mass is 279 g/mol. The van der Waals surface area contributed by atoms with Crippen LogP contribution in [0.4, 0.5) is 4.39 Å². The lowest BCUT2D eigenvalue weighted by molar-refractivity contribution is 0.392. The summed E-state index contributed by atoms with van der Waals surface area (Å²) in [6, 6.07) is 2.23. The number of halogens is 3. The molecule has 5 heteroatoms. The fourth-order valence-electron chi connectivity index (χ4n) is 2.43. The highest BCUT2D eigenvalue weighted by molar-refractivity contribution is 6.31. The van der Waals surface area contributed by atoms with Gasteiger partial charge in [-0.15, -0.1) is 12.4 Å². The predicted molar refractivity (Wildman–Crippen MR) is 69.2 cm³/mol. The second-order valence-electron chi connectivity index (χ2n) is 4.36. The summed E-state index contributed by atoms with van der Waals surface area (Å²) >= 11 is 5.97. The molecule has 1 aliphatic carbocycles. The maximum Gasteiger partial charge on any atom is 0.165 e. The van der Waals surface area contributed by atoms with Crippen molar-refractivity contribution < 1.29 is 9.50 Å². The molecular formula is C12H16Cl2FNO. The molecule has 1 aromatic rings. The number of aromatic hydroxyl groups is 1. The van der Waals surface area contributed by atoms with Crippen LogP contribution in [0.25, 0.3) is 0 Å². The van der Waals surface area contributed by atoms with Crippen molar-refractivity contribution in [2.24, 2.45) is 11.7 Å². The molecule has 2 rings (SSSR count). The fourth-order valence-corrected chi connectivity index (χ4v) is 2.70. The summed E-state index contributed by atoms with van der Waals surface area (Å²) < 4.78 is 13.2. The van der Waals surface area contributed by atoms with E-state index in [0.29, 0.717) is 16.5 Å². The van der Waals surface area contributed by atoms with Gasteiger partial charge in [-0.3, -0.25) is 0 Å². The molecule has 96 valence electrons. The largest absolute Gasteiger partial charge is 0.505 e. The van der Waals surface area contributed by atoms with Crippen LogP contribution in [0.15, 0.2) is 12.1 Å². The van der Waals surface area contributed by atoms with Gasteiger partial charge >= 0.3 is 0 Å². The summed E-state index contributed by atoms with van der Waals surface area (Å²) in [5.41, 5.74) is 6.41. The van der Waals surface area contributed by atoms with Crippen molar-refractivity contribution in [1.82, 2.24) is 0 Å². The first-order chi connectivity index (χ1) is 7.61. The second-order valence-corrected chi connectivity index (χ2v) is 4.77. The van der Waals surface area contributed by atoms with E-state index in [1.54, 1.807) is 0 Å². The third-order valence-electron chi connectivity index (χ3n) is 3.36. The molecule has 2 nitrogen and oxygen atoms in total. The van der Waals surface area contributed by atoms with Crippen molar-refractivity contribution in [3.8, 4) is 5.75 Å². The summed E-state index contributed by atoms with van der Waals surface area (Å²) in [5, 5.41) is 10.0. The number of rotatable bonds is 2. The highest BCUT2D eigenvalue weighted by Crippen LogP contribution is 2.41. The maximum atomic E-state index is 13.2. The predicted octanol–water partition coefficient (Wildman–Crippen LogP) is 3.80. The van der Waals surface area contributed by atoms with Crippen molar-refractivity contribution in [2.45, 2.75) is 31.7 Å². The minimum Gasteiger partial charge on any atom is -0.505 e. The third kappa shape index (κ3) is 2.84. The smallest absolute Gasteiger partial charge is 0.165 e. The minimum absolute atomic E-state index is 0. The van der Waals surface area contributed by atoms with Crippen molar-refractivity contribution in [3.05, 3.63) is 28.5 Å². The average molecular weight is 280 g/mol. The van der Waals surface area contributed by atoms with E-state index in [4.69, 9.17) is 17.3 Å². The molecule has 0 radical (unpaired) electrons. The van der Waals surface area contributed by atoms with E-state index in [2.05, 4.69) is 0 Å². The Bertz CT molecular complexity index is 394. The molecule has 0 aliphatic heterocycles. The van der Waals surface area contributed by atoms with Gasteiger partial charge < -0.3 is 10.8 Å². The lowest BCUT2D eigenvalue weighted by atomic mass is 9.92. The molecule has 3 N–H and O–H groups in total. The molecule has 0 unspecified atom stereocenters. The van der Waals surface area contributed by atoms with Crippen LogP contribution < -0.4 is 5.73 Å². The van der Waals surface area contributed by atoms with Crippen molar-refractivity contribution in [2.75, 3.05) is 0 Å². The van der Waals surface area contributed by atoms with Gasteiger partial charge in [0, 0.05) is 16.6 Å². The summed E-state index contributed by atoms with van der Waals surface area (Å²) in [7, 11) is 0. The summed E-state index contributed by atoms with van der Waals surface area (Å²) in [6.45, 7) is 0. The molecule has 1 saturated carbocycles. The normalized spacial score (nSPS) is 17.8. The Morgan fingerprint density at radius 2 is 1.94 bits per heavy atom. The van der Waals surface area contributed by atoms with E-state index in [1.165, 1.54) is 6.07 Å². The summed E-state index contributed by atoms with van der Waals surface area (Å²) in [5.74, 6) is -0.759. The molecule has 1 atom stereocenters. The van der Waals surface area contributed by atoms with E-state index in [1.807, 2.05) is 0 Å². The Hall–Kier alpha value is -0.510. The van der Waals surface area contributed by atoms with Gasteiger partial charge in [-0.05, 0) is 30.9 Å². The van der Waals surface area contributed by atoms with Crippen molar-refractivity contribution >= 4 is 24.0 Å². The zero-order chi connectivity index (χ0) is 11.7. The first-order valence-corrected chi connectivity index (χ1v) is 5.91. The number of phenols is 1. The van der Waals surface area contributed by atoms with E-state index in [0.717, 1.165) is 31.7 Å². The molecular weight excluding hydrogens is 264 g/mol. The zero-order valence-electron chi connectivity index (χ0n) is 9.33. The molecule has 0 heterocycles. The second kappa shape index (κ2) is 5.89. The topological polar surface area (TPSA) is 46.2 Å². The Morgan fingerprint density at radius 1 is 1.35 bits per heavy atom. The molecule has 1 aromatic carbocycles. The molecule has 17 heavy (non-hydrogen) atoms. The van der Waals surface area contributed by atoms with Gasteiger partial charge in [0.1, 0.15) is 0 Å². The van der Waals surface area contributed by atoms with E-state index in [9.17, 15) is 9.50 Å². The molecule has 0 bridgehead atoms. The maximum absolute atomic E-state index is 13.2. The SMILES string of the molecule is Cl.N[C@@H](c1c(Cl)ccc(F)c1O)C1CCCC1. The van der Waals surface area contributed by atoms with Crippen LogP contribution in [-0.2, 0) is 0 Å². The van der Waals surface area contributed by atoms with Crippen LogP contribution in [0.1, 0.15) is 37.3 Å². The van der Waals surface area contributed by atoms with Crippen molar-refractivity contribution in [3.63, 3.8) is 0 Å². The number of nitrogens with two attached hydrogens (primary N) is 1. The van der Waals surface area contributed by atoms with Crippen LogP contribution in [0.2, 0.25) is 5.02 Å². The molecule has 1 fully saturated rings. The van der Waals surface area contributed by atoms with Gasteiger partial charge in [-0.2, -0.15) is 0 Å². The average Bonchev–Trinajstić information content (AvgIpc) is 2.77. The quantitative estimate of drug-likeness (QED) is 0.865. The van der Waals surface area contributed by atoms with Crippen LogP contribution >= 0.6 is 24.0 Å². The van der Waals surface area contributed by atoms with Gasteiger partial charge in [-0.25, -0.2) is 4.39 Å². The van der Waals surface area contributed by atoms with Crippen LogP contribution in [0, 0.1) is 11.7 Å². The number of benzene rings is 1. The Morgan fingerprint density at radius 3 is 2.53 bits per heavy atom. The molecule has 0 aromatic heterocycles. The van der Waals surface area contributed by atoms with Crippen LogP contribution in [0.3, 0.4) is 0 Å². The fraction of sp³-hybridized carbons (Fsp3) is 0.500. The lowest BCUT2D eigenvalue weighted by Gasteiger charge is -2.21. The highest BCUT2D eigenvalue weighted by atomic mass is 35.5. The third-order valence-corrected chi connectivity index (χ3v) is 3.69. The Labute approximate surface area is 111 Å². The Kier molecular flexibility index (Phi) is 5.04. The molecule has 0 amide bonds. The Balaban J connectivity index is 0.00000144. The summed E-state index contributed by atoms with van der Waals surface area (Å²) in [6.07, 6.45) is 4.33. The lowest BCUT2D eigenvalue weighted by Crippen LogP contribution is -2.20. The zero-order valence-corrected chi connectivity index (χ0v) is 10.9.